The number of carbonyl (C=O) groups excluding carboxylic acids is 1. The maximum absolute atomic E-state index is 15.0. The molecule has 5 rings (SSSR count). The topological polar surface area (TPSA) is 99.3 Å². The quantitative estimate of drug-likeness (QED) is 0.319. The molecule has 2 aromatic carbocycles. The van der Waals surface area contributed by atoms with E-state index in [-0.39, 0.29) is 41.7 Å². The standard InChI is InChI=1S/C30H33F2N5O3S/c1-4-24(37-13-11-36(2)12-14-37)25(38)15-20-8-5-9-21-22(17-34-29(20)21)30-23(31)18-33-27(35-30)16-19-7-6-10-26(28(19)32)41(3,39)40/h5-10,17-18,24,34H,4,11-16H2,1-3H3/t24-/m1/s1. The van der Waals surface area contributed by atoms with E-state index in [1.165, 1.54) is 18.2 Å². The highest BCUT2D eigenvalue weighted by Gasteiger charge is 2.27. The minimum atomic E-state index is -3.76. The molecule has 1 fully saturated rings. The Bertz CT molecular complexity index is 1700. The molecule has 3 heterocycles. The minimum absolute atomic E-state index is 0.0354. The average Bonchev–Trinajstić information content (AvgIpc) is 3.37. The van der Waals surface area contributed by atoms with E-state index in [9.17, 15) is 17.6 Å². The van der Waals surface area contributed by atoms with Gasteiger partial charge in [0, 0.05) is 67.9 Å². The SMILES string of the molecule is CC[C@H](C(=O)Cc1cccc2c(-c3nc(Cc4cccc(S(C)(=O)=O)c4F)ncc3F)c[nH]c12)N1CCN(C)CC1. The molecule has 1 aliphatic rings. The van der Waals surface area contributed by atoms with Crippen LogP contribution in [0.3, 0.4) is 0 Å². The molecule has 1 atom stereocenters. The fraction of sp³-hybridized carbons (Fsp3) is 0.367. The molecule has 0 unspecified atom stereocenters. The van der Waals surface area contributed by atoms with E-state index in [1.54, 1.807) is 6.20 Å². The predicted molar refractivity (Wildman–Crippen MR) is 153 cm³/mol. The molecule has 4 aromatic rings. The number of carbonyl (C=O) groups is 1. The Morgan fingerprint density at radius 1 is 1.07 bits per heavy atom. The van der Waals surface area contributed by atoms with Crippen LogP contribution in [0.15, 0.2) is 53.7 Å². The van der Waals surface area contributed by atoms with Crippen LogP contribution in [0.1, 0.15) is 30.3 Å². The first-order valence-electron chi connectivity index (χ1n) is 13.6. The second-order valence-electron chi connectivity index (χ2n) is 10.6. The lowest BCUT2D eigenvalue weighted by molar-refractivity contribution is -0.124. The van der Waals surface area contributed by atoms with Crippen LogP contribution < -0.4 is 0 Å². The number of ketones is 1. The van der Waals surface area contributed by atoms with Gasteiger partial charge in [0.15, 0.2) is 21.4 Å². The summed E-state index contributed by atoms with van der Waals surface area (Å²) in [6.45, 7) is 5.61. The number of piperazine rings is 1. The summed E-state index contributed by atoms with van der Waals surface area (Å²) in [6, 6.07) is 9.53. The summed E-state index contributed by atoms with van der Waals surface area (Å²) >= 11 is 0. The summed E-state index contributed by atoms with van der Waals surface area (Å²) in [6.07, 6.45) is 4.48. The third-order valence-electron chi connectivity index (χ3n) is 7.74. The van der Waals surface area contributed by atoms with Crippen molar-refractivity contribution in [3.8, 4) is 11.3 Å². The largest absolute Gasteiger partial charge is 0.360 e. The third kappa shape index (κ3) is 6.07. The van der Waals surface area contributed by atoms with Gasteiger partial charge in [-0.15, -0.1) is 0 Å². The van der Waals surface area contributed by atoms with Crippen LogP contribution >= 0.6 is 0 Å². The molecular formula is C30H33F2N5O3S. The van der Waals surface area contributed by atoms with Crippen LogP contribution in [0.25, 0.3) is 22.2 Å². The lowest BCUT2D eigenvalue weighted by Crippen LogP contribution is -2.51. The highest BCUT2D eigenvalue weighted by molar-refractivity contribution is 7.90. The fourth-order valence-electron chi connectivity index (χ4n) is 5.52. The molecule has 2 aromatic heterocycles. The second-order valence-corrected chi connectivity index (χ2v) is 12.6. The van der Waals surface area contributed by atoms with Gasteiger partial charge in [-0.1, -0.05) is 37.3 Å². The summed E-state index contributed by atoms with van der Waals surface area (Å²) in [5.41, 5.74) is 2.17. The maximum Gasteiger partial charge on any atom is 0.178 e. The first-order chi connectivity index (χ1) is 19.6. The van der Waals surface area contributed by atoms with Crippen molar-refractivity contribution in [3.63, 3.8) is 0 Å². The van der Waals surface area contributed by atoms with E-state index in [0.717, 1.165) is 56.1 Å². The number of hydrogen-bond donors (Lipinski definition) is 1. The second kappa shape index (κ2) is 11.8. The first-order valence-corrected chi connectivity index (χ1v) is 15.5. The van der Waals surface area contributed by atoms with Gasteiger partial charge in [-0.3, -0.25) is 9.69 Å². The van der Waals surface area contributed by atoms with E-state index >= 15 is 4.39 Å². The summed E-state index contributed by atoms with van der Waals surface area (Å²) in [5.74, 6) is -1.23. The smallest absolute Gasteiger partial charge is 0.178 e. The Hall–Kier alpha value is -3.54. The number of halogens is 2. The monoisotopic (exact) mass is 581 g/mol. The highest BCUT2D eigenvalue weighted by atomic mass is 32.2. The fourth-order valence-corrected chi connectivity index (χ4v) is 6.30. The van der Waals surface area contributed by atoms with Crippen LogP contribution in [0.4, 0.5) is 8.78 Å². The van der Waals surface area contributed by atoms with Crippen LogP contribution in [0.5, 0.6) is 0 Å². The maximum atomic E-state index is 15.0. The molecule has 216 valence electrons. The Kier molecular flexibility index (Phi) is 8.30. The zero-order valence-corrected chi connectivity index (χ0v) is 24.1. The number of rotatable bonds is 9. The number of benzene rings is 2. The van der Waals surface area contributed by atoms with Crippen molar-refractivity contribution in [1.82, 2.24) is 24.8 Å². The molecule has 1 saturated heterocycles. The van der Waals surface area contributed by atoms with Gasteiger partial charge in [-0.05, 0) is 30.7 Å². The summed E-state index contributed by atoms with van der Waals surface area (Å²) in [5, 5.41) is 0.705. The lowest BCUT2D eigenvalue weighted by atomic mass is 9.97. The lowest BCUT2D eigenvalue weighted by Gasteiger charge is -2.37. The van der Waals surface area contributed by atoms with Crippen molar-refractivity contribution in [1.29, 1.82) is 0 Å². The Balaban J connectivity index is 1.43. The van der Waals surface area contributed by atoms with Crippen LogP contribution in [-0.2, 0) is 27.5 Å². The molecule has 0 saturated carbocycles. The number of hydrogen-bond acceptors (Lipinski definition) is 7. The molecule has 11 heteroatoms. The molecule has 0 bridgehead atoms. The Labute approximate surface area is 238 Å². The van der Waals surface area contributed by atoms with Gasteiger partial charge in [0.1, 0.15) is 22.2 Å². The normalized spacial score (nSPS) is 15.8. The molecule has 1 N–H and O–H groups in total. The number of aromatic nitrogens is 3. The average molecular weight is 582 g/mol. The number of para-hydroxylation sites is 1. The zero-order chi connectivity index (χ0) is 29.3. The van der Waals surface area contributed by atoms with Crippen molar-refractivity contribution in [3.05, 3.63) is 77.4 Å². The summed E-state index contributed by atoms with van der Waals surface area (Å²) < 4.78 is 53.8. The molecule has 8 nitrogen and oxygen atoms in total. The molecule has 0 radical (unpaired) electrons. The van der Waals surface area contributed by atoms with Gasteiger partial charge in [0.25, 0.3) is 0 Å². The molecule has 41 heavy (non-hydrogen) atoms. The molecular weight excluding hydrogens is 548 g/mol. The van der Waals surface area contributed by atoms with Gasteiger partial charge in [-0.25, -0.2) is 27.2 Å². The Morgan fingerprint density at radius 3 is 2.49 bits per heavy atom. The van der Waals surface area contributed by atoms with Crippen molar-refractivity contribution < 1.29 is 22.0 Å². The van der Waals surface area contributed by atoms with Crippen molar-refractivity contribution >= 4 is 26.5 Å². The van der Waals surface area contributed by atoms with Crippen molar-refractivity contribution in [2.45, 2.75) is 37.1 Å². The third-order valence-corrected chi connectivity index (χ3v) is 8.86. The highest BCUT2D eigenvalue weighted by Crippen LogP contribution is 2.32. The molecule has 0 aliphatic carbocycles. The first kappa shape index (κ1) is 29.0. The molecule has 1 aliphatic heterocycles. The van der Waals surface area contributed by atoms with Crippen LogP contribution in [0, 0.1) is 11.6 Å². The number of fused-ring (bicyclic) bond motifs is 1. The van der Waals surface area contributed by atoms with Gasteiger partial charge < -0.3 is 9.88 Å². The van der Waals surface area contributed by atoms with Gasteiger partial charge in [0.2, 0.25) is 0 Å². The van der Waals surface area contributed by atoms with E-state index in [2.05, 4.69) is 31.8 Å². The van der Waals surface area contributed by atoms with E-state index in [0.29, 0.717) is 10.9 Å². The van der Waals surface area contributed by atoms with Crippen molar-refractivity contribution in [2.75, 3.05) is 39.5 Å². The van der Waals surface area contributed by atoms with Crippen molar-refractivity contribution in [2.24, 2.45) is 0 Å². The van der Waals surface area contributed by atoms with Gasteiger partial charge in [-0.2, -0.15) is 0 Å². The summed E-state index contributed by atoms with van der Waals surface area (Å²) in [7, 11) is -1.68. The number of H-pyrrole nitrogens is 1. The van der Waals surface area contributed by atoms with E-state index in [4.69, 9.17) is 0 Å². The zero-order valence-electron chi connectivity index (χ0n) is 23.3. The van der Waals surface area contributed by atoms with Crippen LogP contribution in [0.2, 0.25) is 0 Å². The molecule has 0 amide bonds. The predicted octanol–water partition coefficient (Wildman–Crippen LogP) is 4.04. The number of nitrogens with zero attached hydrogens (tertiary/aromatic N) is 4. The molecule has 0 spiro atoms. The minimum Gasteiger partial charge on any atom is -0.360 e. The van der Waals surface area contributed by atoms with Gasteiger partial charge >= 0.3 is 0 Å². The number of sulfone groups is 1. The number of nitrogens with one attached hydrogen (secondary N) is 1. The number of likely N-dealkylation sites (N-methyl/N-ethyl adjacent to an activating group) is 1. The number of Topliss-reactive ketones (excluding diaryl/α,β-unsaturated/α-hetero) is 1. The number of aromatic amines is 1. The Morgan fingerprint density at radius 2 is 1.78 bits per heavy atom. The van der Waals surface area contributed by atoms with E-state index in [1.807, 2.05) is 25.1 Å². The van der Waals surface area contributed by atoms with Crippen LogP contribution in [-0.4, -0.2) is 84.5 Å². The summed E-state index contributed by atoms with van der Waals surface area (Å²) in [4.78, 5) is 29.1. The van der Waals surface area contributed by atoms with Gasteiger partial charge in [0.05, 0.1) is 12.2 Å². The van der Waals surface area contributed by atoms with E-state index < -0.39 is 26.4 Å².